The number of methoxy groups -OCH3 is 1. The van der Waals surface area contributed by atoms with Crippen molar-refractivity contribution in [3.05, 3.63) is 23.8 Å². The zero-order valence-electron chi connectivity index (χ0n) is 12.0. The predicted octanol–water partition coefficient (Wildman–Crippen LogP) is 2.75. The number of amides is 1. The number of carbonyl (C=O) groups excluding carboxylic acids is 1. The molecular formula is C14H16N2O4S. The number of carbonyl (C=O) groups is 2. The van der Waals surface area contributed by atoms with Crippen molar-refractivity contribution < 1.29 is 19.4 Å². The quantitative estimate of drug-likeness (QED) is 0.886. The molecule has 1 aromatic carbocycles. The summed E-state index contributed by atoms with van der Waals surface area (Å²) in [6.07, 6.45) is 0.208. The molecule has 0 bridgehead atoms. The molecule has 0 saturated heterocycles. The fourth-order valence-electron chi connectivity index (χ4n) is 1.73. The van der Waals surface area contributed by atoms with E-state index in [1.54, 1.807) is 19.2 Å². The Kier molecular flexibility index (Phi) is 4.24. The number of anilines is 1. The van der Waals surface area contributed by atoms with Gasteiger partial charge in [-0.3, -0.25) is 4.79 Å². The third kappa shape index (κ3) is 3.77. The molecule has 0 unspecified atom stereocenters. The molecule has 0 fully saturated rings. The molecule has 1 amide bonds. The Balaban J connectivity index is 2.16. The van der Waals surface area contributed by atoms with Crippen molar-refractivity contribution in [2.75, 3.05) is 12.4 Å². The van der Waals surface area contributed by atoms with Crippen LogP contribution in [0.2, 0.25) is 0 Å². The summed E-state index contributed by atoms with van der Waals surface area (Å²) in [4.78, 5) is 27.1. The Labute approximate surface area is 125 Å². The van der Waals surface area contributed by atoms with E-state index in [0.717, 1.165) is 4.70 Å². The summed E-state index contributed by atoms with van der Waals surface area (Å²) in [7, 11) is 1.55. The smallest absolute Gasteiger partial charge is 0.335 e. The number of hydrogen-bond acceptors (Lipinski definition) is 5. The minimum atomic E-state index is -0.988. The van der Waals surface area contributed by atoms with Crippen molar-refractivity contribution in [1.29, 1.82) is 0 Å². The van der Waals surface area contributed by atoms with Crippen LogP contribution in [0.4, 0.5) is 5.13 Å². The van der Waals surface area contributed by atoms with Crippen molar-refractivity contribution in [1.82, 2.24) is 4.98 Å². The van der Waals surface area contributed by atoms with Gasteiger partial charge in [0.05, 0.1) is 27.8 Å². The number of nitrogens with one attached hydrogen (secondary N) is 1. The van der Waals surface area contributed by atoms with Gasteiger partial charge in [-0.05, 0) is 32.0 Å². The van der Waals surface area contributed by atoms with Crippen molar-refractivity contribution in [2.45, 2.75) is 25.9 Å². The Morgan fingerprint density at radius 2 is 2.14 bits per heavy atom. The highest BCUT2D eigenvalue weighted by Gasteiger charge is 2.21. The normalized spacial score (nSPS) is 11.6. The number of fused-ring (bicyclic) bond motifs is 1. The van der Waals surface area contributed by atoms with Crippen LogP contribution in [-0.2, 0) is 9.53 Å². The summed E-state index contributed by atoms with van der Waals surface area (Å²) < 4.78 is 5.92. The van der Waals surface area contributed by atoms with Crippen LogP contribution in [0.3, 0.4) is 0 Å². The summed E-state index contributed by atoms with van der Waals surface area (Å²) >= 11 is 1.24. The first-order valence-electron chi connectivity index (χ1n) is 6.29. The fourth-order valence-corrected chi connectivity index (χ4v) is 2.65. The van der Waals surface area contributed by atoms with E-state index in [4.69, 9.17) is 9.84 Å². The van der Waals surface area contributed by atoms with Gasteiger partial charge < -0.3 is 15.2 Å². The maximum atomic E-state index is 11.9. The second kappa shape index (κ2) is 5.79. The van der Waals surface area contributed by atoms with Gasteiger partial charge in [-0.1, -0.05) is 11.3 Å². The van der Waals surface area contributed by atoms with Gasteiger partial charge in [0.2, 0.25) is 5.91 Å². The number of hydrogen-bond donors (Lipinski definition) is 2. The van der Waals surface area contributed by atoms with Gasteiger partial charge in [-0.15, -0.1) is 0 Å². The molecular weight excluding hydrogens is 292 g/mol. The van der Waals surface area contributed by atoms with Gasteiger partial charge in [-0.2, -0.15) is 0 Å². The van der Waals surface area contributed by atoms with Gasteiger partial charge in [0.1, 0.15) is 0 Å². The fraction of sp³-hybridized carbons (Fsp3) is 0.357. The van der Waals surface area contributed by atoms with Crippen LogP contribution in [0.5, 0.6) is 0 Å². The number of benzene rings is 1. The maximum absolute atomic E-state index is 11.9. The number of nitrogens with zero attached hydrogens (tertiary/aromatic N) is 1. The topological polar surface area (TPSA) is 88.5 Å². The Hall–Kier alpha value is -1.99. The molecule has 2 rings (SSSR count). The minimum Gasteiger partial charge on any atom is -0.478 e. The first-order chi connectivity index (χ1) is 9.80. The lowest BCUT2D eigenvalue weighted by molar-refractivity contribution is -0.121. The third-order valence-electron chi connectivity index (χ3n) is 3.02. The highest BCUT2D eigenvalue weighted by molar-refractivity contribution is 7.22. The van der Waals surface area contributed by atoms with Gasteiger partial charge in [0.15, 0.2) is 5.13 Å². The van der Waals surface area contributed by atoms with E-state index in [2.05, 4.69) is 10.3 Å². The van der Waals surface area contributed by atoms with Crippen LogP contribution in [0.25, 0.3) is 10.2 Å². The average molecular weight is 308 g/mol. The third-order valence-corrected chi connectivity index (χ3v) is 3.95. The molecule has 2 aromatic rings. The molecule has 1 heterocycles. The molecule has 21 heavy (non-hydrogen) atoms. The molecule has 0 aliphatic rings. The summed E-state index contributed by atoms with van der Waals surface area (Å²) in [6.45, 7) is 3.65. The summed E-state index contributed by atoms with van der Waals surface area (Å²) in [5.74, 6) is -1.18. The second-order valence-corrected chi connectivity index (χ2v) is 6.23. The minimum absolute atomic E-state index is 0.195. The maximum Gasteiger partial charge on any atom is 0.335 e. The lowest BCUT2D eigenvalue weighted by Crippen LogP contribution is -2.29. The van der Waals surface area contributed by atoms with Gasteiger partial charge >= 0.3 is 5.97 Å². The lowest BCUT2D eigenvalue weighted by atomic mass is 10.1. The summed E-state index contributed by atoms with van der Waals surface area (Å²) in [6, 6.07) is 4.66. The first-order valence-corrected chi connectivity index (χ1v) is 7.11. The highest BCUT2D eigenvalue weighted by atomic mass is 32.1. The number of aromatic carboxylic acids is 1. The second-order valence-electron chi connectivity index (χ2n) is 5.20. The number of ether oxygens (including phenoxy) is 1. The number of carboxylic acid groups (broad SMARTS) is 1. The first kappa shape index (κ1) is 15.4. The van der Waals surface area contributed by atoms with E-state index < -0.39 is 11.6 Å². The van der Waals surface area contributed by atoms with Crippen molar-refractivity contribution in [2.24, 2.45) is 0 Å². The number of rotatable bonds is 5. The molecule has 0 saturated carbocycles. The lowest BCUT2D eigenvalue weighted by Gasteiger charge is -2.21. The molecule has 2 N–H and O–H groups in total. The Morgan fingerprint density at radius 3 is 2.76 bits per heavy atom. The molecule has 6 nitrogen and oxygen atoms in total. The van der Waals surface area contributed by atoms with Crippen molar-refractivity contribution >= 4 is 38.6 Å². The number of carboxylic acids is 1. The number of aromatic nitrogens is 1. The molecule has 7 heteroatoms. The zero-order valence-corrected chi connectivity index (χ0v) is 12.8. The van der Waals surface area contributed by atoms with Crippen molar-refractivity contribution in [3.63, 3.8) is 0 Å². The molecule has 0 atom stereocenters. The van der Waals surface area contributed by atoms with Crippen LogP contribution >= 0.6 is 11.3 Å². The van der Waals surface area contributed by atoms with E-state index in [1.807, 2.05) is 13.8 Å². The molecule has 0 radical (unpaired) electrons. The van der Waals surface area contributed by atoms with E-state index in [0.29, 0.717) is 10.6 Å². The van der Waals surface area contributed by atoms with E-state index >= 15 is 0 Å². The van der Waals surface area contributed by atoms with E-state index in [1.165, 1.54) is 17.4 Å². The molecule has 0 aliphatic carbocycles. The SMILES string of the molecule is COC(C)(C)CC(=O)Nc1nc2ccc(C(=O)O)cc2s1. The summed E-state index contributed by atoms with van der Waals surface area (Å²) in [5, 5.41) is 12.1. The van der Waals surface area contributed by atoms with Crippen LogP contribution < -0.4 is 5.32 Å². The Morgan fingerprint density at radius 1 is 1.43 bits per heavy atom. The standard InChI is InChI=1S/C14H16N2O4S/c1-14(2,20-3)7-11(17)16-13-15-9-5-4-8(12(18)19)6-10(9)21-13/h4-6H,7H2,1-3H3,(H,18,19)(H,15,16,17). The van der Waals surface area contributed by atoms with E-state index in [9.17, 15) is 9.59 Å². The van der Waals surface area contributed by atoms with Crippen LogP contribution in [0, 0.1) is 0 Å². The van der Waals surface area contributed by atoms with Crippen LogP contribution in [0.15, 0.2) is 18.2 Å². The highest BCUT2D eigenvalue weighted by Crippen LogP contribution is 2.27. The van der Waals surface area contributed by atoms with Crippen molar-refractivity contribution in [3.8, 4) is 0 Å². The predicted molar refractivity (Wildman–Crippen MR) is 80.9 cm³/mol. The average Bonchev–Trinajstić information content (AvgIpc) is 2.78. The van der Waals surface area contributed by atoms with Crippen LogP contribution in [0.1, 0.15) is 30.6 Å². The largest absolute Gasteiger partial charge is 0.478 e. The zero-order chi connectivity index (χ0) is 15.6. The van der Waals surface area contributed by atoms with Crippen LogP contribution in [-0.4, -0.2) is 34.7 Å². The molecule has 1 aromatic heterocycles. The molecule has 0 spiro atoms. The van der Waals surface area contributed by atoms with E-state index in [-0.39, 0.29) is 17.9 Å². The number of thiazole rings is 1. The van der Waals surface area contributed by atoms with Gasteiger partial charge in [0.25, 0.3) is 0 Å². The van der Waals surface area contributed by atoms with Gasteiger partial charge in [0, 0.05) is 7.11 Å². The molecule has 112 valence electrons. The Bertz CT molecular complexity index is 693. The molecule has 0 aliphatic heterocycles. The summed E-state index contributed by atoms with van der Waals surface area (Å²) in [5.41, 5.74) is 0.313. The monoisotopic (exact) mass is 308 g/mol. The van der Waals surface area contributed by atoms with Gasteiger partial charge in [-0.25, -0.2) is 9.78 Å².